The molecule has 0 radical (unpaired) electrons. The summed E-state index contributed by atoms with van der Waals surface area (Å²) in [6.07, 6.45) is 0. The van der Waals surface area contributed by atoms with Gasteiger partial charge in [0.25, 0.3) is 0 Å². The maximum absolute atomic E-state index is 11.4. The minimum atomic E-state index is -3.78. The summed E-state index contributed by atoms with van der Waals surface area (Å²) in [7, 11) is -3.78. The SMILES string of the molecule is CC(C)(NS(=O)(=O)CC#N)C(C)(C)C(=O)O. The average molecular weight is 248 g/mol. The number of carbonyl (C=O) groups is 1. The van der Waals surface area contributed by atoms with Crippen molar-refractivity contribution in [3.8, 4) is 6.07 Å². The number of carboxylic acid groups (broad SMARTS) is 1. The Balaban J connectivity index is 5.13. The topological polar surface area (TPSA) is 107 Å². The van der Waals surface area contributed by atoms with Gasteiger partial charge < -0.3 is 5.11 Å². The summed E-state index contributed by atoms with van der Waals surface area (Å²) in [6, 6.07) is 1.51. The number of sulfonamides is 1. The first-order valence-corrected chi connectivity index (χ1v) is 6.23. The molecule has 0 rings (SSSR count). The van der Waals surface area contributed by atoms with Gasteiger partial charge in [0.05, 0.1) is 11.5 Å². The van der Waals surface area contributed by atoms with Crippen molar-refractivity contribution in [1.29, 1.82) is 5.26 Å². The van der Waals surface area contributed by atoms with Crippen LogP contribution in [0, 0.1) is 16.7 Å². The van der Waals surface area contributed by atoms with Gasteiger partial charge in [0.15, 0.2) is 5.75 Å². The van der Waals surface area contributed by atoms with Gasteiger partial charge in [0.2, 0.25) is 10.0 Å². The first kappa shape index (κ1) is 14.9. The third kappa shape index (κ3) is 3.18. The van der Waals surface area contributed by atoms with Crippen LogP contribution < -0.4 is 4.72 Å². The lowest BCUT2D eigenvalue weighted by atomic mass is 9.75. The van der Waals surface area contributed by atoms with E-state index in [-0.39, 0.29) is 0 Å². The minimum absolute atomic E-state index is 0.688. The molecule has 0 unspecified atom stereocenters. The van der Waals surface area contributed by atoms with Crippen molar-refractivity contribution in [2.75, 3.05) is 5.75 Å². The maximum atomic E-state index is 11.4. The molecule has 0 aliphatic rings. The molecule has 2 N–H and O–H groups in total. The van der Waals surface area contributed by atoms with Gasteiger partial charge in [-0.1, -0.05) is 0 Å². The van der Waals surface area contributed by atoms with Gasteiger partial charge in [-0.3, -0.25) is 4.79 Å². The highest BCUT2D eigenvalue weighted by atomic mass is 32.2. The van der Waals surface area contributed by atoms with Crippen molar-refractivity contribution in [2.24, 2.45) is 5.41 Å². The van der Waals surface area contributed by atoms with Gasteiger partial charge in [0.1, 0.15) is 0 Å². The lowest BCUT2D eigenvalue weighted by Crippen LogP contribution is -2.57. The van der Waals surface area contributed by atoms with E-state index in [1.54, 1.807) is 0 Å². The van der Waals surface area contributed by atoms with E-state index < -0.39 is 32.7 Å². The molecule has 0 aliphatic heterocycles. The molecule has 0 bridgehead atoms. The van der Waals surface area contributed by atoms with Crippen LogP contribution in [0.2, 0.25) is 0 Å². The largest absolute Gasteiger partial charge is 0.481 e. The average Bonchev–Trinajstić information content (AvgIpc) is 2.00. The summed E-state index contributed by atoms with van der Waals surface area (Å²) >= 11 is 0. The first-order valence-electron chi connectivity index (χ1n) is 4.58. The summed E-state index contributed by atoms with van der Waals surface area (Å²) in [5.41, 5.74) is -2.47. The van der Waals surface area contributed by atoms with E-state index >= 15 is 0 Å². The summed E-state index contributed by atoms with van der Waals surface area (Å²) < 4.78 is 25.0. The summed E-state index contributed by atoms with van der Waals surface area (Å²) in [5.74, 6) is -1.80. The number of rotatable bonds is 5. The molecule has 0 heterocycles. The quantitative estimate of drug-likeness (QED) is 0.728. The van der Waals surface area contributed by atoms with Crippen LogP contribution in [0.15, 0.2) is 0 Å². The molecule has 0 aromatic carbocycles. The number of nitrogens with zero attached hydrogens (tertiary/aromatic N) is 1. The van der Waals surface area contributed by atoms with Gasteiger partial charge in [-0.2, -0.15) is 5.26 Å². The number of hydrogen-bond acceptors (Lipinski definition) is 4. The molecular weight excluding hydrogens is 232 g/mol. The van der Waals surface area contributed by atoms with Crippen molar-refractivity contribution >= 4 is 16.0 Å². The highest BCUT2D eigenvalue weighted by Crippen LogP contribution is 2.31. The molecule has 0 saturated carbocycles. The molecule has 6 nitrogen and oxygen atoms in total. The molecule has 0 aromatic heterocycles. The number of aliphatic carboxylic acids is 1. The lowest BCUT2D eigenvalue weighted by Gasteiger charge is -2.38. The predicted octanol–water partition coefficient (Wildman–Crippen LogP) is 0.319. The second-order valence-electron chi connectivity index (χ2n) is 4.57. The van der Waals surface area contributed by atoms with E-state index in [0.29, 0.717) is 0 Å². The van der Waals surface area contributed by atoms with E-state index in [0.717, 1.165) is 0 Å². The van der Waals surface area contributed by atoms with Gasteiger partial charge >= 0.3 is 5.97 Å². The van der Waals surface area contributed by atoms with Crippen LogP contribution in [-0.4, -0.2) is 30.8 Å². The molecule has 0 aliphatic carbocycles. The summed E-state index contributed by atoms with van der Waals surface area (Å²) in [5, 5.41) is 17.3. The standard InChI is InChI=1S/C9H16N2O4S/c1-8(2,7(12)13)9(3,4)11-16(14,15)6-5-10/h11H,6H2,1-4H3,(H,12,13). The van der Waals surface area contributed by atoms with Crippen molar-refractivity contribution < 1.29 is 18.3 Å². The zero-order valence-corrected chi connectivity index (χ0v) is 10.6. The Labute approximate surface area is 95.3 Å². The fraction of sp³-hybridized carbons (Fsp3) is 0.778. The fourth-order valence-electron chi connectivity index (χ4n) is 0.905. The lowest BCUT2D eigenvalue weighted by molar-refractivity contribution is -0.150. The molecule has 0 saturated heterocycles. The minimum Gasteiger partial charge on any atom is -0.481 e. The molecule has 0 spiro atoms. The Kier molecular flexibility index (Phi) is 4.08. The molecule has 0 aromatic rings. The van der Waals surface area contributed by atoms with Gasteiger partial charge in [-0.15, -0.1) is 0 Å². The second kappa shape index (κ2) is 4.39. The summed E-state index contributed by atoms with van der Waals surface area (Å²) in [4.78, 5) is 11.0. The highest BCUT2D eigenvalue weighted by Gasteiger charge is 2.45. The third-order valence-corrected chi connectivity index (χ3v) is 4.09. The monoisotopic (exact) mass is 248 g/mol. The Hall–Kier alpha value is -1.13. The Morgan fingerprint density at radius 2 is 1.81 bits per heavy atom. The normalized spacial score (nSPS) is 13.2. The van der Waals surface area contributed by atoms with Crippen molar-refractivity contribution in [3.63, 3.8) is 0 Å². The number of carboxylic acids is 1. The molecule has 0 fully saturated rings. The van der Waals surface area contributed by atoms with E-state index in [9.17, 15) is 13.2 Å². The predicted molar refractivity (Wildman–Crippen MR) is 58.0 cm³/mol. The molecule has 0 atom stereocenters. The molecule has 92 valence electrons. The molecule has 0 amide bonds. The van der Waals surface area contributed by atoms with Gasteiger partial charge in [0, 0.05) is 5.54 Å². The zero-order chi connectivity index (χ0) is 13.2. The number of nitriles is 1. The summed E-state index contributed by atoms with van der Waals surface area (Å²) in [6.45, 7) is 5.78. The first-order chi connectivity index (χ1) is 6.96. The van der Waals surface area contributed by atoms with Crippen molar-refractivity contribution in [1.82, 2.24) is 4.72 Å². The van der Waals surface area contributed by atoms with Crippen LogP contribution in [0.4, 0.5) is 0 Å². The Morgan fingerprint density at radius 1 is 1.38 bits per heavy atom. The van der Waals surface area contributed by atoms with Crippen LogP contribution in [0.25, 0.3) is 0 Å². The van der Waals surface area contributed by atoms with E-state index in [2.05, 4.69) is 4.72 Å². The Bertz CT molecular complexity index is 417. The smallest absolute Gasteiger partial charge is 0.310 e. The van der Waals surface area contributed by atoms with Crippen molar-refractivity contribution in [2.45, 2.75) is 33.2 Å². The fourth-order valence-corrected chi connectivity index (χ4v) is 2.18. The van der Waals surface area contributed by atoms with E-state index in [1.165, 1.54) is 33.8 Å². The van der Waals surface area contributed by atoms with Crippen LogP contribution in [0.1, 0.15) is 27.7 Å². The van der Waals surface area contributed by atoms with Crippen LogP contribution >= 0.6 is 0 Å². The van der Waals surface area contributed by atoms with Gasteiger partial charge in [-0.25, -0.2) is 13.1 Å². The second-order valence-corrected chi connectivity index (χ2v) is 6.30. The van der Waals surface area contributed by atoms with Crippen LogP contribution in [-0.2, 0) is 14.8 Å². The molecule has 16 heavy (non-hydrogen) atoms. The van der Waals surface area contributed by atoms with Crippen LogP contribution in [0.5, 0.6) is 0 Å². The van der Waals surface area contributed by atoms with E-state index in [1.807, 2.05) is 0 Å². The molecule has 7 heteroatoms. The zero-order valence-electron chi connectivity index (χ0n) is 9.73. The highest BCUT2D eigenvalue weighted by molar-refractivity contribution is 7.89. The third-order valence-electron chi connectivity index (χ3n) is 2.76. The van der Waals surface area contributed by atoms with Crippen molar-refractivity contribution in [3.05, 3.63) is 0 Å². The molecular formula is C9H16N2O4S. The Morgan fingerprint density at radius 3 is 2.12 bits per heavy atom. The van der Waals surface area contributed by atoms with E-state index in [4.69, 9.17) is 10.4 Å². The maximum Gasteiger partial charge on any atom is 0.310 e. The van der Waals surface area contributed by atoms with Crippen LogP contribution in [0.3, 0.4) is 0 Å². The number of nitrogens with one attached hydrogen (secondary N) is 1. The van der Waals surface area contributed by atoms with Gasteiger partial charge in [-0.05, 0) is 27.7 Å². The number of hydrogen-bond donors (Lipinski definition) is 2.